The van der Waals surface area contributed by atoms with Crippen molar-refractivity contribution in [3.8, 4) is 0 Å². The van der Waals surface area contributed by atoms with Gasteiger partial charge in [-0.1, -0.05) is 43.7 Å². The van der Waals surface area contributed by atoms with Gasteiger partial charge >= 0.3 is 5.70 Å². The van der Waals surface area contributed by atoms with Crippen LogP contribution in [-0.2, 0) is 6.42 Å². The number of aryl methyl sites for hydroxylation is 1. The lowest BCUT2D eigenvalue weighted by molar-refractivity contribution is 0.301. The maximum Gasteiger partial charge on any atom is 0.395 e. The number of diazo groups is 1. The summed E-state index contributed by atoms with van der Waals surface area (Å²) in [7, 11) is 0. The monoisotopic (exact) mass is 245 g/mol. The number of allylic oxidation sites excluding steroid dienone is 2. The molecule has 1 aromatic rings. The Morgan fingerprint density at radius 1 is 1.28 bits per heavy atom. The number of benzene rings is 1. The van der Waals surface area contributed by atoms with Gasteiger partial charge in [-0.2, -0.15) is 0 Å². The second-order valence-corrected chi connectivity index (χ2v) is 4.58. The Bertz CT molecular complexity index is 432. The molecule has 1 aromatic carbocycles. The largest absolute Gasteiger partial charge is 0.505 e. The van der Waals surface area contributed by atoms with Crippen LogP contribution in [0.15, 0.2) is 41.8 Å². The van der Waals surface area contributed by atoms with Crippen LogP contribution in [0.5, 0.6) is 0 Å². The highest BCUT2D eigenvalue weighted by atomic mass is 16.3. The number of aliphatic hydroxyl groups is 1. The Labute approximate surface area is 109 Å². The highest BCUT2D eigenvalue weighted by molar-refractivity contribution is 5.17. The standard InChI is InChI=1S/C15H20N2O/c1-3-7-14(15(18)12(2)17-16)11-10-13-8-5-4-6-9-13/h4-6,8-9,14H,3,7,10-11H2,1-2H3/p+1/b15-12+. The van der Waals surface area contributed by atoms with Gasteiger partial charge in [-0.25, -0.2) is 0 Å². The van der Waals surface area contributed by atoms with Crippen molar-refractivity contribution in [2.75, 3.05) is 0 Å². The fraction of sp³-hybridized carbons (Fsp3) is 0.467. The van der Waals surface area contributed by atoms with E-state index >= 15 is 0 Å². The summed E-state index contributed by atoms with van der Waals surface area (Å²) < 4.78 is 0. The van der Waals surface area contributed by atoms with Gasteiger partial charge in [0.05, 0.1) is 0 Å². The number of nitrogens with zero attached hydrogens (tertiary/aromatic N) is 2. The van der Waals surface area contributed by atoms with Gasteiger partial charge in [0, 0.05) is 12.8 Å². The zero-order chi connectivity index (χ0) is 13.4. The van der Waals surface area contributed by atoms with Gasteiger partial charge < -0.3 is 5.11 Å². The van der Waals surface area contributed by atoms with E-state index in [-0.39, 0.29) is 11.7 Å². The van der Waals surface area contributed by atoms with Crippen molar-refractivity contribution in [2.45, 2.75) is 39.5 Å². The van der Waals surface area contributed by atoms with E-state index in [2.05, 4.69) is 24.0 Å². The summed E-state index contributed by atoms with van der Waals surface area (Å²) >= 11 is 0. The second-order valence-electron chi connectivity index (χ2n) is 4.58. The Kier molecular flexibility index (Phi) is 5.93. The molecule has 0 saturated carbocycles. The third-order valence-corrected chi connectivity index (χ3v) is 3.17. The minimum absolute atomic E-state index is 0.0751. The van der Waals surface area contributed by atoms with Gasteiger partial charge in [-0.05, 0) is 24.8 Å². The number of hydrogen-bond acceptors (Lipinski definition) is 2. The molecular formula is C15H21N2O+. The van der Waals surface area contributed by atoms with Crippen molar-refractivity contribution in [3.63, 3.8) is 0 Å². The van der Waals surface area contributed by atoms with Crippen LogP contribution in [0.25, 0.3) is 4.98 Å². The Morgan fingerprint density at radius 3 is 2.50 bits per heavy atom. The van der Waals surface area contributed by atoms with Crippen LogP contribution >= 0.6 is 0 Å². The third kappa shape index (κ3) is 4.21. The summed E-state index contributed by atoms with van der Waals surface area (Å²) in [6, 6.07) is 10.2. The zero-order valence-electron chi connectivity index (χ0n) is 11.1. The molecule has 1 rings (SSSR count). The molecule has 0 saturated heterocycles. The smallest absolute Gasteiger partial charge is 0.395 e. The molecule has 1 N–H and O–H groups in total. The summed E-state index contributed by atoms with van der Waals surface area (Å²) in [4.78, 5) is 3.08. The van der Waals surface area contributed by atoms with Gasteiger partial charge in [-0.3, -0.25) is 0 Å². The normalized spacial score (nSPS) is 13.6. The molecule has 0 amide bonds. The van der Waals surface area contributed by atoms with Crippen molar-refractivity contribution in [2.24, 2.45) is 5.92 Å². The molecule has 0 aliphatic heterocycles. The van der Waals surface area contributed by atoms with Crippen LogP contribution in [0.4, 0.5) is 0 Å². The van der Waals surface area contributed by atoms with E-state index in [4.69, 9.17) is 5.39 Å². The zero-order valence-corrected chi connectivity index (χ0v) is 11.1. The van der Waals surface area contributed by atoms with E-state index in [9.17, 15) is 5.11 Å². The molecule has 0 spiro atoms. The Balaban J connectivity index is 2.68. The lowest BCUT2D eigenvalue weighted by Crippen LogP contribution is -2.07. The molecule has 1 atom stereocenters. The van der Waals surface area contributed by atoms with Crippen LogP contribution in [-0.4, -0.2) is 5.11 Å². The molecule has 3 heteroatoms. The van der Waals surface area contributed by atoms with Crippen LogP contribution in [0.1, 0.15) is 38.7 Å². The summed E-state index contributed by atoms with van der Waals surface area (Å²) in [6.07, 6.45) is 3.71. The van der Waals surface area contributed by atoms with E-state index < -0.39 is 0 Å². The fourth-order valence-electron chi connectivity index (χ4n) is 2.10. The Hall–Kier alpha value is -1.82. The minimum Gasteiger partial charge on any atom is -0.505 e. The van der Waals surface area contributed by atoms with Crippen molar-refractivity contribution in [1.29, 1.82) is 5.39 Å². The quantitative estimate of drug-likeness (QED) is 0.584. The summed E-state index contributed by atoms with van der Waals surface area (Å²) in [5.74, 6) is 0.293. The lowest BCUT2D eigenvalue weighted by atomic mass is 9.93. The first-order valence-electron chi connectivity index (χ1n) is 6.47. The van der Waals surface area contributed by atoms with Crippen LogP contribution in [0.3, 0.4) is 0 Å². The van der Waals surface area contributed by atoms with Crippen molar-refractivity contribution in [3.05, 3.63) is 52.3 Å². The summed E-state index contributed by atoms with van der Waals surface area (Å²) in [5.41, 5.74) is 1.59. The Morgan fingerprint density at radius 2 is 1.94 bits per heavy atom. The van der Waals surface area contributed by atoms with E-state index in [1.54, 1.807) is 6.92 Å². The molecule has 0 aliphatic rings. The molecule has 0 heterocycles. The summed E-state index contributed by atoms with van der Waals surface area (Å²) in [5, 5.41) is 18.7. The maximum absolute atomic E-state index is 10.0. The molecule has 96 valence electrons. The molecular weight excluding hydrogens is 224 g/mol. The molecule has 0 aliphatic carbocycles. The first-order valence-corrected chi connectivity index (χ1v) is 6.47. The second kappa shape index (κ2) is 7.50. The van der Waals surface area contributed by atoms with Crippen LogP contribution in [0, 0.1) is 11.3 Å². The van der Waals surface area contributed by atoms with Gasteiger partial charge in [0.2, 0.25) is 5.39 Å². The lowest BCUT2D eigenvalue weighted by Gasteiger charge is -2.13. The average Bonchev–Trinajstić information content (AvgIpc) is 2.43. The number of rotatable bonds is 6. The molecule has 1 unspecified atom stereocenters. The molecule has 3 nitrogen and oxygen atoms in total. The number of aliphatic hydroxyl groups excluding tert-OH is 1. The molecule has 0 aromatic heterocycles. The van der Waals surface area contributed by atoms with E-state index in [1.165, 1.54) is 5.56 Å². The van der Waals surface area contributed by atoms with Gasteiger partial charge in [-0.15, -0.1) is 0 Å². The topological polar surface area (TPSA) is 48.4 Å². The highest BCUT2D eigenvalue weighted by Crippen LogP contribution is 2.24. The van der Waals surface area contributed by atoms with Gasteiger partial charge in [0.1, 0.15) is 0 Å². The fourth-order valence-corrected chi connectivity index (χ4v) is 2.10. The predicted octanol–water partition coefficient (Wildman–Crippen LogP) is 4.68. The molecule has 0 bridgehead atoms. The van der Waals surface area contributed by atoms with E-state index in [0.29, 0.717) is 5.70 Å². The molecule has 0 fully saturated rings. The minimum atomic E-state index is 0.0751. The average molecular weight is 245 g/mol. The van der Waals surface area contributed by atoms with Crippen LogP contribution in [0.2, 0.25) is 0 Å². The summed E-state index contributed by atoms with van der Waals surface area (Å²) in [6.45, 7) is 3.72. The number of hydrogen-bond donors (Lipinski definition) is 1. The SMILES string of the molecule is CCCC(CCc1ccccc1)/C(O)=C(/C)[N+]#N. The van der Waals surface area contributed by atoms with Gasteiger partial charge in [0.15, 0.2) is 10.7 Å². The molecule has 18 heavy (non-hydrogen) atoms. The molecule has 0 radical (unpaired) electrons. The maximum atomic E-state index is 10.0. The van der Waals surface area contributed by atoms with E-state index in [1.807, 2.05) is 18.2 Å². The van der Waals surface area contributed by atoms with Crippen LogP contribution < -0.4 is 0 Å². The van der Waals surface area contributed by atoms with Crippen molar-refractivity contribution < 1.29 is 5.11 Å². The van der Waals surface area contributed by atoms with Crippen molar-refractivity contribution >= 4 is 0 Å². The van der Waals surface area contributed by atoms with Crippen molar-refractivity contribution in [1.82, 2.24) is 0 Å². The highest BCUT2D eigenvalue weighted by Gasteiger charge is 2.21. The third-order valence-electron chi connectivity index (χ3n) is 3.17. The first-order chi connectivity index (χ1) is 8.69. The van der Waals surface area contributed by atoms with E-state index in [0.717, 1.165) is 25.7 Å². The van der Waals surface area contributed by atoms with Gasteiger partial charge in [0.25, 0.3) is 0 Å². The predicted molar refractivity (Wildman–Crippen MR) is 73.6 cm³/mol. The first kappa shape index (κ1) is 14.2.